The van der Waals surface area contributed by atoms with Crippen molar-refractivity contribution in [2.75, 3.05) is 5.32 Å². The van der Waals surface area contributed by atoms with E-state index in [9.17, 15) is 13.2 Å². The number of H-pyrrole nitrogens is 1. The molecule has 0 bridgehead atoms. The van der Waals surface area contributed by atoms with Gasteiger partial charge in [0.2, 0.25) is 0 Å². The standard InChI is InChI=1S/C22H21N3O3S/c1-15(2)16-4-3-5-19(12-16)24-22(26)18-9-11-25(14-18)29(27,28)20-6-7-21-17(13-20)8-10-23-21/h3-15,23H,1-2H3,(H,24,26). The first-order valence-electron chi connectivity index (χ1n) is 9.26. The van der Waals surface area contributed by atoms with Gasteiger partial charge in [0.1, 0.15) is 0 Å². The lowest BCUT2D eigenvalue weighted by atomic mass is 10.0. The van der Waals surface area contributed by atoms with Crippen molar-refractivity contribution in [1.82, 2.24) is 8.96 Å². The van der Waals surface area contributed by atoms with Crippen LogP contribution in [0.15, 0.2) is 78.1 Å². The van der Waals surface area contributed by atoms with Gasteiger partial charge in [0.15, 0.2) is 0 Å². The maximum absolute atomic E-state index is 12.9. The van der Waals surface area contributed by atoms with Gasteiger partial charge >= 0.3 is 0 Å². The number of anilines is 1. The van der Waals surface area contributed by atoms with Gasteiger partial charge in [0.05, 0.1) is 10.5 Å². The Labute approximate surface area is 169 Å². The lowest BCUT2D eigenvalue weighted by molar-refractivity contribution is 0.102. The topological polar surface area (TPSA) is 84.0 Å². The molecule has 0 aliphatic heterocycles. The number of nitrogens with zero attached hydrogens (tertiary/aromatic N) is 1. The molecule has 2 aromatic carbocycles. The van der Waals surface area contributed by atoms with E-state index in [1.54, 1.807) is 24.4 Å². The van der Waals surface area contributed by atoms with Crippen LogP contribution >= 0.6 is 0 Å². The van der Waals surface area contributed by atoms with Crippen LogP contribution < -0.4 is 5.32 Å². The molecule has 1 amide bonds. The smallest absolute Gasteiger partial charge is 0.267 e. The van der Waals surface area contributed by atoms with Crippen molar-refractivity contribution in [2.24, 2.45) is 0 Å². The van der Waals surface area contributed by atoms with Crippen molar-refractivity contribution >= 4 is 32.5 Å². The van der Waals surface area contributed by atoms with E-state index >= 15 is 0 Å². The zero-order chi connectivity index (χ0) is 20.6. The Morgan fingerprint density at radius 2 is 1.90 bits per heavy atom. The fraction of sp³-hybridized carbons (Fsp3) is 0.136. The predicted molar refractivity (Wildman–Crippen MR) is 114 cm³/mol. The van der Waals surface area contributed by atoms with Gasteiger partial charge in [-0.25, -0.2) is 12.4 Å². The van der Waals surface area contributed by atoms with Gasteiger partial charge in [-0.05, 0) is 53.9 Å². The van der Waals surface area contributed by atoms with Crippen LogP contribution in [0.3, 0.4) is 0 Å². The monoisotopic (exact) mass is 407 g/mol. The summed E-state index contributed by atoms with van der Waals surface area (Å²) in [6.07, 6.45) is 4.47. The molecule has 2 N–H and O–H groups in total. The Morgan fingerprint density at radius 1 is 1.07 bits per heavy atom. The molecule has 0 saturated carbocycles. The molecule has 0 atom stereocenters. The highest BCUT2D eigenvalue weighted by Crippen LogP contribution is 2.22. The quantitative estimate of drug-likeness (QED) is 0.508. The number of amides is 1. The van der Waals surface area contributed by atoms with Crippen molar-refractivity contribution in [1.29, 1.82) is 0 Å². The van der Waals surface area contributed by atoms with Crippen molar-refractivity contribution in [2.45, 2.75) is 24.7 Å². The fourth-order valence-corrected chi connectivity index (χ4v) is 4.39. The zero-order valence-electron chi connectivity index (χ0n) is 16.1. The highest BCUT2D eigenvalue weighted by Gasteiger charge is 2.19. The third kappa shape index (κ3) is 3.69. The Bertz CT molecular complexity index is 1300. The van der Waals surface area contributed by atoms with Crippen LogP contribution in [0.25, 0.3) is 10.9 Å². The fourth-order valence-electron chi connectivity index (χ4n) is 3.15. The van der Waals surface area contributed by atoms with Gasteiger partial charge in [-0.1, -0.05) is 26.0 Å². The summed E-state index contributed by atoms with van der Waals surface area (Å²) in [6, 6.07) is 15.8. The Hall–Kier alpha value is -3.32. The second-order valence-corrected chi connectivity index (χ2v) is 9.04. The molecule has 4 aromatic rings. The normalized spacial score (nSPS) is 11.8. The number of hydrogen-bond donors (Lipinski definition) is 2. The third-order valence-corrected chi connectivity index (χ3v) is 6.47. The molecule has 29 heavy (non-hydrogen) atoms. The molecule has 0 radical (unpaired) electrons. The first-order valence-corrected chi connectivity index (χ1v) is 10.7. The maximum atomic E-state index is 12.9. The number of carbonyl (C=O) groups excluding carboxylic acids is 1. The van der Waals surface area contributed by atoms with Gasteiger partial charge in [0.25, 0.3) is 15.9 Å². The summed E-state index contributed by atoms with van der Waals surface area (Å²) < 4.78 is 26.9. The molecule has 2 heterocycles. The number of aromatic amines is 1. The van der Waals surface area contributed by atoms with E-state index in [4.69, 9.17) is 0 Å². The molecule has 4 rings (SSSR count). The van der Waals surface area contributed by atoms with E-state index in [1.807, 2.05) is 30.3 Å². The molecule has 0 saturated heterocycles. The molecule has 0 aliphatic carbocycles. The Balaban J connectivity index is 1.58. The van der Waals surface area contributed by atoms with E-state index in [1.165, 1.54) is 18.5 Å². The van der Waals surface area contributed by atoms with Gasteiger partial charge in [-0.15, -0.1) is 0 Å². The largest absolute Gasteiger partial charge is 0.361 e. The van der Waals surface area contributed by atoms with Gasteiger partial charge in [-0.3, -0.25) is 4.79 Å². The maximum Gasteiger partial charge on any atom is 0.267 e. The van der Waals surface area contributed by atoms with Crippen LogP contribution in [-0.4, -0.2) is 23.3 Å². The summed E-state index contributed by atoms with van der Waals surface area (Å²) in [5.74, 6) is -0.0172. The molecule has 148 valence electrons. The summed E-state index contributed by atoms with van der Waals surface area (Å²) in [7, 11) is -3.79. The summed E-state index contributed by atoms with van der Waals surface area (Å²) in [6.45, 7) is 4.16. The molecule has 6 nitrogen and oxygen atoms in total. The first-order chi connectivity index (χ1) is 13.8. The summed E-state index contributed by atoms with van der Waals surface area (Å²) in [5, 5.41) is 3.63. The van der Waals surface area contributed by atoms with E-state index in [0.717, 1.165) is 20.4 Å². The summed E-state index contributed by atoms with van der Waals surface area (Å²) in [5.41, 5.74) is 2.92. The average molecular weight is 407 g/mol. The minimum absolute atomic E-state index is 0.164. The van der Waals surface area contributed by atoms with Gasteiger partial charge < -0.3 is 10.3 Å². The van der Waals surface area contributed by atoms with E-state index in [-0.39, 0.29) is 16.4 Å². The van der Waals surface area contributed by atoms with E-state index < -0.39 is 10.0 Å². The minimum atomic E-state index is -3.79. The van der Waals surface area contributed by atoms with E-state index in [0.29, 0.717) is 11.6 Å². The van der Waals surface area contributed by atoms with Crippen LogP contribution in [0.4, 0.5) is 5.69 Å². The lowest BCUT2D eigenvalue weighted by Crippen LogP contribution is -2.13. The Kier molecular flexibility index (Phi) is 4.76. The molecular formula is C22H21N3O3S. The number of hydrogen-bond acceptors (Lipinski definition) is 3. The summed E-state index contributed by atoms with van der Waals surface area (Å²) >= 11 is 0. The zero-order valence-corrected chi connectivity index (χ0v) is 16.9. The minimum Gasteiger partial charge on any atom is -0.361 e. The van der Waals surface area contributed by atoms with E-state index in [2.05, 4.69) is 24.1 Å². The predicted octanol–water partition coefficient (Wildman–Crippen LogP) is 4.58. The summed E-state index contributed by atoms with van der Waals surface area (Å²) in [4.78, 5) is 15.8. The number of aromatic nitrogens is 2. The number of carbonyl (C=O) groups is 1. The number of nitrogens with one attached hydrogen (secondary N) is 2. The van der Waals surface area contributed by atoms with Crippen LogP contribution in [0, 0.1) is 0 Å². The number of rotatable bonds is 5. The highest BCUT2D eigenvalue weighted by molar-refractivity contribution is 7.90. The molecule has 0 fully saturated rings. The molecule has 7 heteroatoms. The SMILES string of the molecule is CC(C)c1cccc(NC(=O)c2ccn(S(=O)(=O)c3ccc4[nH]ccc4c3)c2)c1. The molecule has 0 unspecified atom stereocenters. The lowest BCUT2D eigenvalue weighted by Gasteiger charge is -2.09. The van der Waals surface area contributed by atoms with Crippen LogP contribution in [0.1, 0.15) is 35.7 Å². The molecule has 0 spiro atoms. The second kappa shape index (κ2) is 7.25. The molecule has 0 aliphatic rings. The van der Waals surface area contributed by atoms with Crippen LogP contribution in [-0.2, 0) is 10.0 Å². The average Bonchev–Trinajstić information content (AvgIpc) is 3.37. The van der Waals surface area contributed by atoms with Crippen molar-refractivity contribution in [3.63, 3.8) is 0 Å². The van der Waals surface area contributed by atoms with Crippen molar-refractivity contribution in [3.8, 4) is 0 Å². The first kappa shape index (κ1) is 19.0. The van der Waals surface area contributed by atoms with Crippen LogP contribution in [0.2, 0.25) is 0 Å². The highest BCUT2D eigenvalue weighted by atomic mass is 32.2. The van der Waals surface area contributed by atoms with Crippen molar-refractivity contribution in [3.05, 3.63) is 84.3 Å². The molecular weight excluding hydrogens is 386 g/mol. The van der Waals surface area contributed by atoms with Crippen molar-refractivity contribution < 1.29 is 13.2 Å². The van der Waals surface area contributed by atoms with Crippen LogP contribution in [0.5, 0.6) is 0 Å². The number of fused-ring (bicyclic) bond motifs is 1. The Morgan fingerprint density at radius 3 is 2.69 bits per heavy atom. The van der Waals surface area contributed by atoms with Gasteiger partial charge in [-0.2, -0.15) is 0 Å². The third-order valence-electron chi connectivity index (χ3n) is 4.84. The van der Waals surface area contributed by atoms with Gasteiger partial charge in [0, 0.05) is 35.2 Å². The molecule has 2 aromatic heterocycles. The second-order valence-electron chi connectivity index (χ2n) is 7.20. The number of benzene rings is 2.